The second-order valence-corrected chi connectivity index (χ2v) is 6.85. The summed E-state index contributed by atoms with van der Waals surface area (Å²) >= 11 is 0. The summed E-state index contributed by atoms with van der Waals surface area (Å²) in [7, 11) is -3.79. The Labute approximate surface area is 133 Å². The molecule has 0 fully saturated rings. The summed E-state index contributed by atoms with van der Waals surface area (Å²) in [5, 5.41) is 9.85. The molecule has 6 nitrogen and oxygen atoms in total. The third kappa shape index (κ3) is 5.27. The summed E-state index contributed by atoms with van der Waals surface area (Å²) in [6.07, 6.45) is 0.421. The smallest absolute Gasteiger partial charge is 0.250 e. The number of aliphatic hydroxyl groups excluding tert-OH is 1. The molecule has 1 aromatic carbocycles. The van der Waals surface area contributed by atoms with Crippen LogP contribution in [0.5, 0.6) is 0 Å². The van der Waals surface area contributed by atoms with Crippen LogP contribution in [0, 0.1) is 5.82 Å². The number of hydrogen-bond donors (Lipinski definition) is 2. The van der Waals surface area contributed by atoms with Crippen LogP contribution < -0.4 is 10.3 Å². The van der Waals surface area contributed by atoms with Crippen LogP contribution in [0.25, 0.3) is 0 Å². The lowest BCUT2D eigenvalue weighted by atomic mass is 10.2. The molecular formula is C15H17FN2O4S. The van der Waals surface area contributed by atoms with E-state index in [1.807, 2.05) is 0 Å². The maximum atomic E-state index is 13.5. The number of halogens is 1. The molecule has 0 aliphatic carbocycles. The molecule has 8 heteroatoms. The summed E-state index contributed by atoms with van der Waals surface area (Å²) in [5.74, 6) is -1.12. The minimum Gasteiger partial charge on any atom is -0.390 e. The Bertz CT molecular complexity index is 820. The van der Waals surface area contributed by atoms with Gasteiger partial charge in [-0.1, -0.05) is 24.3 Å². The van der Waals surface area contributed by atoms with Crippen LogP contribution >= 0.6 is 0 Å². The van der Waals surface area contributed by atoms with Crippen molar-refractivity contribution < 1.29 is 17.9 Å². The SMILES string of the molecule is O=c1ccccn1CC(O)CNS(=O)(=O)Cc1ccccc1F. The van der Waals surface area contributed by atoms with Crippen molar-refractivity contribution >= 4 is 10.0 Å². The van der Waals surface area contributed by atoms with Crippen LogP contribution in [0.1, 0.15) is 5.56 Å². The fraction of sp³-hybridized carbons (Fsp3) is 0.267. The van der Waals surface area contributed by atoms with Gasteiger partial charge in [0.05, 0.1) is 18.4 Å². The van der Waals surface area contributed by atoms with Gasteiger partial charge in [0.2, 0.25) is 10.0 Å². The normalized spacial score (nSPS) is 13.0. The highest BCUT2D eigenvalue weighted by Gasteiger charge is 2.16. The van der Waals surface area contributed by atoms with Gasteiger partial charge in [-0.2, -0.15) is 0 Å². The minimum absolute atomic E-state index is 0.0398. The second-order valence-electron chi connectivity index (χ2n) is 5.04. The number of aromatic nitrogens is 1. The standard InChI is InChI=1S/C15H17FN2O4S/c16-14-6-2-1-5-12(14)11-23(21,22)17-9-13(19)10-18-8-4-3-7-15(18)20/h1-8,13,17,19H,9-11H2. The van der Waals surface area contributed by atoms with Gasteiger partial charge in [-0.25, -0.2) is 17.5 Å². The lowest BCUT2D eigenvalue weighted by molar-refractivity contribution is 0.156. The molecule has 1 atom stereocenters. The lowest BCUT2D eigenvalue weighted by Gasteiger charge is -2.14. The van der Waals surface area contributed by atoms with Crippen LogP contribution in [-0.4, -0.2) is 30.7 Å². The molecule has 0 amide bonds. The maximum Gasteiger partial charge on any atom is 0.250 e. The fourth-order valence-corrected chi connectivity index (χ4v) is 3.19. The summed E-state index contributed by atoms with van der Waals surface area (Å²) in [6.45, 7) is -0.306. The average Bonchev–Trinajstić information content (AvgIpc) is 2.50. The summed E-state index contributed by atoms with van der Waals surface area (Å²) in [6, 6.07) is 10.1. The Morgan fingerprint density at radius 1 is 1.17 bits per heavy atom. The third-order valence-corrected chi connectivity index (χ3v) is 4.45. The summed E-state index contributed by atoms with van der Waals surface area (Å²) < 4.78 is 40.8. The van der Waals surface area contributed by atoms with Crippen molar-refractivity contribution in [3.8, 4) is 0 Å². The highest BCUT2D eigenvalue weighted by atomic mass is 32.2. The van der Waals surface area contributed by atoms with E-state index in [1.54, 1.807) is 18.2 Å². The van der Waals surface area contributed by atoms with Gasteiger partial charge in [0.25, 0.3) is 5.56 Å². The van der Waals surface area contributed by atoms with Gasteiger partial charge in [-0.05, 0) is 12.1 Å². The maximum absolute atomic E-state index is 13.5. The van der Waals surface area contributed by atoms with Gasteiger partial charge in [0, 0.05) is 24.4 Å². The average molecular weight is 340 g/mol. The number of nitrogens with zero attached hydrogens (tertiary/aromatic N) is 1. The molecule has 2 N–H and O–H groups in total. The van der Waals surface area contributed by atoms with Crippen molar-refractivity contribution in [2.24, 2.45) is 0 Å². The summed E-state index contributed by atoms with van der Waals surface area (Å²) in [5.41, 5.74) is -0.241. The molecule has 124 valence electrons. The first-order chi connectivity index (χ1) is 10.9. The van der Waals surface area contributed by atoms with Crippen molar-refractivity contribution in [3.05, 3.63) is 70.4 Å². The van der Waals surface area contributed by atoms with Crippen LogP contribution in [-0.2, 0) is 22.3 Å². The number of nitrogens with one attached hydrogen (secondary N) is 1. The predicted octanol–water partition coefficient (Wildman–Crippen LogP) is 0.468. The number of sulfonamides is 1. The first-order valence-electron chi connectivity index (χ1n) is 6.92. The molecule has 0 saturated carbocycles. The lowest BCUT2D eigenvalue weighted by Crippen LogP contribution is -2.36. The molecule has 0 aliphatic heterocycles. The Hall–Kier alpha value is -2.03. The molecule has 0 saturated heterocycles. The number of benzene rings is 1. The largest absolute Gasteiger partial charge is 0.390 e. The zero-order valence-corrected chi connectivity index (χ0v) is 13.0. The topological polar surface area (TPSA) is 88.4 Å². The van der Waals surface area contributed by atoms with Crippen LogP contribution in [0.2, 0.25) is 0 Å². The predicted molar refractivity (Wildman–Crippen MR) is 83.7 cm³/mol. The van der Waals surface area contributed by atoms with Gasteiger partial charge in [0.15, 0.2) is 0 Å². The molecule has 1 aromatic heterocycles. The van der Waals surface area contributed by atoms with E-state index >= 15 is 0 Å². The molecule has 1 unspecified atom stereocenters. The number of rotatable bonds is 7. The highest BCUT2D eigenvalue weighted by Crippen LogP contribution is 2.09. The first kappa shape index (κ1) is 17.3. The van der Waals surface area contributed by atoms with E-state index in [0.717, 1.165) is 0 Å². The van der Waals surface area contributed by atoms with Gasteiger partial charge in [-0.15, -0.1) is 0 Å². The molecule has 2 rings (SSSR count). The third-order valence-electron chi connectivity index (χ3n) is 3.15. The Morgan fingerprint density at radius 2 is 1.87 bits per heavy atom. The van der Waals surface area contributed by atoms with Gasteiger partial charge >= 0.3 is 0 Å². The number of aliphatic hydroxyl groups is 1. The minimum atomic E-state index is -3.79. The van der Waals surface area contributed by atoms with Crippen LogP contribution in [0.3, 0.4) is 0 Å². The van der Waals surface area contributed by atoms with Crippen molar-refractivity contribution in [2.75, 3.05) is 6.54 Å². The molecule has 0 bridgehead atoms. The van der Waals surface area contributed by atoms with E-state index < -0.39 is 27.7 Å². The van der Waals surface area contributed by atoms with Crippen molar-refractivity contribution in [1.29, 1.82) is 0 Å². The van der Waals surface area contributed by atoms with E-state index in [-0.39, 0.29) is 24.2 Å². The van der Waals surface area contributed by atoms with E-state index in [4.69, 9.17) is 0 Å². The Kier molecular flexibility index (Phi) is 5.64. The molecule has 1 heterocycles. The number of hydrogen-bond acceptors (Lipinski definition) is 4. The highest BCUT2D eigenvalue weighted by molar-refractivity contribution is 7.88. The van der Waals surface area contributed by atoms with Crippen LogP contribution in [0.4, 0.5) is 4.39 Å². The summed E-state index contributed by atoms with van der Waals surface area (Å²) in [4.78, 5) is 11.5. The van der Waals surface area contributed by atoms with Crippen molar-refractivity contribution in [1.82, 2.24) is 9.29 Å². The zero-order chi connectivity index (χ0) is 16.9. The van der Waals surface area contributed by atoms with E-state index in [2.05, 4.69) is 4.72 Å². The van der Waals surface area contributed by atoms with E-state index in [0.29, 0.717) is 0 Å². The number of pyridine rings is 1. The quantitative estimate of drug-likeness (QED) is 0.767. The molecule has 23 heavy (non-hydrogen) atoms. The zero-order valence-electron chi connectivity index (χ0n) is 12.2. The molecular weight excluding hydrogens is 323 g/mol. The monoisotopic (exact) mass is 340 g/mol. The van der Waals surface area contributed by atoms with Gasteiger partial charge in [-0.3, -0.25) is 4.79 Å². The van der Waals surface area contributed by atoms with Crippen LogP contribution in [0.15, 0.2) is 53.5 Å². The Morgan fingerprint density at radius 3 is 2.57 bits per heavy atom. The molecule has 2 aromatic rings. The van der Waals surface area contributed by atoms with E-state index in [1.165, 1.54) is 35.0 Å². The second kappa shape index (κ2) is 7.49. The molecule has 0 spiro atoms. The van der Waals surface area contributed by atoms with Gasteiger partial charge in [0.1, 0.15) is 5.82 Å². The van der Waals surface area contributed by atoms with Crippen molar-refractivity contribution in [2.45, 2.75) is 18.4 Å². The van der Waals surface area contributed by atoms with Gasteiger partial charge < -0.3 is 9.67 Å². The van der Waals surface area contributed by atoms with E-state index in [9.17, 15) is 22.7 Å². The molecule has 0 radical (unpaired) electrons. The first-order valence-corrected chi connectivity index (χ1v) is 8.57. The fourth-order valence-electron chi connectivity index (χ4n) is 2.00. The molecule has 0 aliphatic rings. The van der Waals surface area contributed by atoms with Crippen molar-refractivity contribution in [3.63, 3.8) is 0 Å². The Balaban J connectivity index is 1.93.